The number of nitrogens with zero attached hydrogens (tertiary/aromatic N) is 3. The maximum absolute atomic E-state index is 13.0. The minimum absolute atomic E-state index is 0.0153. The van der Waals surface area contributed by atoms with Crippen molar-refractivity contribution >= 4 is 28.9 Å². The van der Waals surface area contributed by atoms with Crippen LogP contribution in [0.15, 0.2) is 42.5 Å². The summed E-state index contributed by atoms with van der Waals surface area (Å²) >= 11 is 0. The Balaban J connectivity index is 1.61. The molecule has 1 atom stereocenters. The third kappa shape index (κ3) is 2.99. The van der Waals surface area contributed by atoms with E-state index in [4.69, 9.17) is 4.74 Å². The molecule has 0 radical (unpaired) electrons. The van der Waals surface area contributed by atoms with Crippen molar-refractivity contribution in [2.24, 2.45) is 0 Å². The topological polar surface area (TPSA) is 93.0 Å². The first-order valence-electron chi connectivity index (χ1n) is 8.58. The zero-order chi connectivity index (χ0) is 19.1. The highest BCUT2D eigenvalue weighted by Gasteiger charge is 2.34. The number of fused-ring (bicyclic) bond motifs is 2. The summed E-state index contributed by atoms with van der Waals surface area (Å²) in [4.78, 5) is 38.7. The van der Waals surface area contributed by atoms with Gasteiger partial charge in [-0.1, -0.05) is 18.2 Å². The molecule has 0 saturated carbocycles. The maximum atomic E-state index is 13.0. The highest BCUT2D eigenvalue weighted by molar-refractivity contribution is 6.00. The largest absolute Gasteiger partial charge is 0.423 e. The monoisotopic (exact) mass is 367 g/mol. The lowest BCUT2D eigenvalue weighted by molar-refractivity contribution is -0.384. The van der Waals surface area contributed by atoms with Crippen LogP contribution in [0.1, 0.15) is 12.5 Å². The third-order valence-corrected chi connectivity index (χ3v) is 4.84. The molecule has 8 nitrogen and oxygen atoms in total. The average molecular weight is 367 g/mol. The number of non-ortho nitro benzene ring substituents is 1. The quantitative estimate of drug-likeness (QED) is 0.358. The molecule has 2 aromatic rings. The number of ether oxygens (including phenoxy) is 1. The van der Waals surface area contributed by atoms with Gasteiger partial charge in [0.05, 0.1) is 23.2 Å². The Morgan fingerprint density at radius 2 is 2.04 bits per heavy atom. The second-order valence-electron chi connectivity index (χ2n) is 6.68. The van der Waals surface area contributed by atoms with Crippen LogP contribution in [0.2, 0.25) is 0 Å². The Bertz CT molecular complexity index is 958. The van der Waals surface area contributed by atoms with Gasteiger partial charge in [0.1, 0.15) is 6.54 Å². The number of para-hydroxylation sites is 1. The van der Waals surface area contributed by atoms with Gasteiger partial charge in [0.15, 0.2) is 5.75 Å². The molecule has 138 valence electrons. The number of carbonyl (C=O) groups excluding carboxylic acids is 2. The van der Waals surface area contributed by atoms with Crippen LogP contribution in [0.4, 0.5) is 17.1 Å². The van der Waals surface area contributed by atoms with Gasteiger partial charge in [0.25, 0.3) is 5.69 Å². The van der Waals surface area contributed by atoms with Crippen LogP contribution in [0.3, 0.4) is 0 Å². The van der Waals surface area contributed by atoms with Crippen LogP contribution >= 0.6 is 0 Å². The SMILES string of the molecule is CC1Cc2ccccc2N1C(=O)CN1CC(=O)Oc2cc([N+](=O)[O-])ccc21. The predicted octanol–water partition coefficient (Wildman–Crippen LogP) is 2.30. The first kappa shape index (κ1) is 17.0. The molecule has 0 aromatic heterocycles. The van der Waals surface area contributed by atoms with Gasteiger partial charge < -0.3 is 14.5 Å². The van der Waals surface area contributed by atoms with Crippen LogP contribution in [0.5, 0.6) is 5.75 Å². The predicted molar refractivity (Wildman–Crippen MR) is 98.0 cm³/mol. The van der Waals surface area contributed by atoms with Gasteiger partial charge in [0.2, 0.25) is 5.91 Å². The highest BCUT2D eigenvalue weighted by atomic mass is 16.6. The van der Waals surface area contributed by atoms with E-state index in [2.05, 4.69) is 0 Å². The van der Waals surface area contributed by atoms with E-state index in [0.29, 0.717) is 5.69 Å². The smallest absolute Gasteiger partial charge is 0.331 e. The number of carbonyl (C=O) groups is 2. The average Bonchev–Trinajstić information content (AvgIpc) is 2.96. The molecule has 2 aliphatic heterocycles. The molecule has 1 unspecified atom stereocenters. The zero-order valence-corrected chi connectivity index (χ0v) is 14.6. The second kappa shape index (κ2) is 6.39. The van der Waals surface area contributed by atoms with Gasteiger partial charge in [-0.15, -0.1) is 0 Å². The van der Waals surface area contributed by atoms with Gasteiger partial charge in [-0.3, -0.25) is 14.9 Å². The van der Waals surface area contributed by atoms with Crippen LogP contribution in [0, 0.1) is 10.1 Å². The van der Waals surface area contributed by atoms with Crippen LogP contribution in [-0.4, -0.2) is 35.9 Å². The summed E-state index contributed by atoms with van der Waals surface area (Å²) in [6, 6.07) is 11.8. The number of amides is 1. The fourth-order valence-electron chi connectivity index (χ4n) is 3.68. The first-order valence-corrected chi connectivity index (χ1v) is 8.58. The number of benzene rings is 2. The normalized spacial score (nSPS) is 18.0. The summed E-state index contributed by atoms with van der Waals surface area (Å²) in [5, 5.41) is 10.9. The molecule has 0 fully saturated rings. The molecule has 4 rings (SSSR count). The van der Waals surface area contributed by atoms with Crippen LogP contribution in [-0.2, 0) is 16.0 Å². The lowest BCUT2D eigenvalue weighted by Gasteiger charge is -2.31. The van der Waals surface area contributed by atoms with Crippen molar-refractivity contribution in [1.82, 2.24) is 0 Å². The number of hydrogen-bond donors (Lipinski definition) is 0. The fourth-order valence-corrected chi connectivity index (χ4v) is 3.68. The van der Waals surface area contributed by atoms with Gasteiger partial charge in [-0.05, 0) is 31.0 Å². The Morgan fingerprint density at radius 1 is 1.26 bits per heavy atom. The Labute approximate surface area is 155 Å². The van der Waals surface area contributed by atoms with Crippen LogP contribution < -0.4 is 14.5 Å². The Kier molecular flexibility index (Phi) is 4.02. The molecule has 2 aliphatic rings. The highest BCUT2D eigenvalue weighted by Crippen LogP contribution is 2.36. The summed E-state index contributed by atoms with van der Waals surface area (Å²) < 4.78 is 5.13. The van der Waals surface area contributed by atoms with Crippen LogP contribution in [0.25, 0.3) is 0 Å². The van der Waals surface area contributed by atoms with Crippen molar-refractivity contribution in [3.05, 3.63) is 58.1 Å². The number of rotatable bonds is 3. The van der Waals surface area contributed by atoms with E-state index in [0.717, 1.165) is 17.7 Å². The van der Waals surface area contributed by atoms with E-state index in [9.17, 15) is 19.7 Å². The summed E-state index contributed by atoms with van der Waals surface area (Å²) in [5.74, 6) is -0.583. The number of hydrogen-bond acceptors (Lipinski definition) is 6. The van der Waals surface area contributed by atoms with E-state index in [-0.39, 0.29) is 36.5 Å². The van der Waals surface area contributed by atoms with E-state index in [1.807, 2.05) is 31.2 Å². The minimum Gasteiger partial charge on any atom is -0.423 e. The van der Waals surface area contributed by atoms with Gasteiger partial charge in [0, 0.05) is 17.8 Å². The molecule has 0 spiro atoms. The van der Waals surface area contributed by atoms with E-state index in [1.165, 1.54) is 18.2 Å². The Hall–Kier alpha value is -3.42. The summed E-state index contributed by atoms with van der Waals surface area (Å²) in [6.07, 6.45) is 0.784. The maximum Gasteiger partial charge on any atom is 0.331 e. The molecule has 2 aromatic carbocycles. The molecule has 0 saturated heterocycles. The summed E-state index contributed by atoms with van der Waals surface area (Å²) in [7, 11) is 0. The first-order chi connectivity index (χ1) is 12.9. The van der Waals surface area contributed by atoms with Gasteiger partial charge in [-0.25, -0.2) is 4.79 Å². The standard InChI is InChI=1S/C19H17N3O5/c1-12-8-13-4-2-3-5-15(13)21(12)18(23)10-20-11-19(24)27-17-9-14(22(25)26)6-7-16(17)20/h2-7,9,12H,8,10-11H2,1H3. The molecular formula is C19H17N3O5. The van der Waals surface area contributed by atoms with Crippen molar-refractivity contribution in [3.63, 3.8) is 0 Å². The van der Waals surface area contributed by atoms with Crippen molar-refractivity contribution in [2.75, 3.05) is 22.9 Å². The number of esters is 1. The zero-order valence-electron chi connectivity index (χ0n) is 14.6. The number of anilines is 2. The summed E-state index contributed by atoms with van der Waals surface area (Å²) in [6.45, 7) is 1.89. The van der Waals surface area contributed by atoms with Crippen molar-refractivity contribution in [2.45, 2.75) is 19.4 Å². The van der Waals surface area contributed by atoms with Crippen molar-refractivity contribution < 1.29 is 19.2 Å². The van der Waals surface area contributed by atoms with E-state index in [1.54, 1.807) is 9.80 Å². The minimum atomic E-state index is -0.555. The number of nitro groups is 1. The lowest BCUT2D eigenvalue weighted by atomic mass is 10.1. The Morgan fingerprint density at radius 3 is 2.81 bits per heavy atom. The van der Waals surface area contributed by atoms with Gasteiger partial charge in [-0.2, -0.15) is 0 Å². The van der Waals surface area contributed by atoms with E-state index < -0.39 is 10.9 Å². The number of nitro benzene ring substituents is 1. The van der Waals surface area contributed by atoms with E-state index >= 15 is 0 Å². The molecule has 2 heterocycles. The third-order valence-electron chi connectivity index (χ3n) is 4.84. The molecule has 0 N–H and O–H groups in total. The molecule has 27 heavy (non-hydrogen) atoms. The second-order valence-corrected chi connectivity index (χ2v) is 6.68. The molecular weight excluding hydrogens is 350 g/mol. The van der Waals surface area contributed by atoms with Crippen molar-refractivity contribution in [3.8, 4) is 5.75 Å². The van der Waals surface area contributed by atoms with Crippen molar-refractivity contribution in [1.29, 1.82) is 0 Å². The fraction of sp³-hybridized carbons (Fsp3) is 0.263. The molecule has 8 heteroatoms. The molecule has 0 bridgehead atoms. The molecule has 1 amide bonds. The molecule has 0 aliphatic carbocycles. The summed E-state index contributed by atoms with van der Waals surface area (Å²) in [5.41, 5.74) is 2.33. The lowest BCUT2D eigenvalue weighted by Crippen LogP contribution is -2.46. The van der Waals surface area contributed by atoms with Gasteiger partial charge >= 0.3 is 5.97 Å².